The van der Waals surface area contributed by atoms with Gasteiger partial charge in [0.05, 0.1) is 4.47 Å². The molecule has 0 aromatic heterocycles. The van der Waals surface area contributed by atoms with Gasteiger partial charge in [0.25, 0.3) is 0 Å². The Kier molecular flexibility index (Phi) is 2.94. The lowest BCUT2D eigenvalue weighted by Crippen LogP contribution is -2.33. The van der Waals surface area contributed by atoms with E-state index in [1.165, 1.54) is 24.0 Å². The zero-order valence-corrected chi connectivity index (χ0v) is 12.4. The Morgan fingerprint density at radius 3 is 2.61 bits per heavy atom. The Balaban J connectivity index is 2.21. The van der Waals surface area contributed by atoms with Crippen molar-refractivity contribution in [1.29, 1.82) is 0 Å². The van der Waals surface area contributed by atoms with Gasteiger partial charge in [0, 0.05) is 17.0 Å². The molecule has 98 valence electrons. The van der Waals surface area contributed by atoms with Gasteiger partial charge in [0.1, 0.15) is 5.75 Å². The Bertz CT molecular complexity index is 492. The summed E-state index contributed by atoms with van der Waals surface area (Å²) in [6.07, 6.45) is 6.95. The fraction of sp³-hybridized carbons (Fsp3) is 0.600. The molecule has 1 atom stereocenters. The molecule has 0 aliphatic heterocycles. The first kappa shape index (κ1) is 12.5. The normalized spacial score (nSPS) is 22.4. The molecular weight excluding hydrogens is 290 g/mol. The number of benzene rings is 1. The van der Waals surface area contributed by atoms with Gasteiger partial charge in [-0.15, -0.1) is 0 Å². The molecule has 3 N–H and O–H groups in total. The number of rotatable bonds is 2. The number of aryl methyl sites for hydroxylation is 1. The van der Waals surface area contributed by atoms with E-state index in [1.54, 1.807) is 0 Å². The van der Waals surface area contributed by atoms with Crippen molar-refractivity contribution in [3.05, 3.63) is 27.2 Å². The SMILES string of the molecule is CC(N)C1(c2c(O)c(Br)cc3c2CCCC3)CC1. The first-order chi connectivity index (χ1) is 8.56. The molecule has 0 spiro atoms. The number of halogens is 1. The second-order valence-corrected chi connectivity index (χ2v) is 6.73. The van der Waals surface area contributed by atoms with Gasteiger partial charge in [-0.25, -0.2) is 0 Å². The zero-order chi connectivity index (χ0) is 12.9. The first-order valence-electron chi connectivity index (χ1n) is 6.85. The summed E-state index contributed by atoms with van der Waals surface area (Å²) < 4.78 is 0.838. The fourth-order valence-corrected chi connectivity index (χ4v) is 3.94. The molecule has 0 saturated heterocycles. The summed E-state index contributed by atoms with van der Waals surface area (Å²) in [5, 5.41) is 10.5. The van der Waals surface area contributed by atoms with Gasteiger partial charge in [-0.3, -0.25) is 0 Å². The molecular formula is C15H20BrNO. The Morgan fingerprint density at radius 1 is 1.33 bits per heavy atom. The van der Waals surface area contributed by atoms with Crippen LogP contribution in [0.25, 0.3) is 0 Å². The third-order valence-corrected chi connectivity index (χ3v) is 5.34. The van der Waals surface area contributed by atoms with Crippen LogP contribution in [0.4, 0.5) is 0 Å². The van der Waals surface area contributed by atoms with Crippen LogP contribution in [-0.4, -0.2) is 11.1 Å². The standard InChI is InChI=1S/C15H20BrNO/c1-9(17)15(6-7-15)13-11-5-3-2-4-10(11)8-12(16)14(13)18/h8-9,18H,2-7,17H2,1H3. The molecule has 2 aliphatic carbocycles. The van der Waals surface area contributed by atoms with Crippen LogP contribution in [0.1, 0.15) is 49.3 Å². The van der Waals surface area contributed by atoms with E-state index >= 15 is 0 Å². The summed E-state index contributed by atoms with van der Waals surface area (Å²) in [5.41, 5.74) is 10.2. The molecule has 1 aromatic rings. The predicted molar refractivity (Wildman–Crippen MR) is 77.0 cm³/mol. The van der Waals surface area contributed by atoms with E-state index in [4.69, 9.17) is 5.73 Å². The molecule has 1 unspecified atom stereocenters. The van der Waals surface area contributed by atoms with E-state index in [1.807, 2.05) is 0 Å². The lowest BCUT2D eigenvalue weighted by atomic mass is 9.79. The van der Waals surface area contributed by atoms with E-state index in [9.17, 15) is 5.11 Å². The molecule has 0 amide bonds. The highest BCUT2D eigenvalue weighted by molar-refractivity contribution is 9.10. The number of phenols is 1. The van der Waals surface area contributed by atoms with Crippen LogP contribution in [0.3, 0.4) is 0 Å². The maximum absolute atomic E-state index is 10.5. The predicted octanol–water partition coefficient (Wildman–Crippen LogP) is 3.41. The number of fused-ring (bicyclic) bond motifs is 1. The van der Waals surface area contributed by atoms with Gasteiger partial charge in [-0.05, 0) is 78.6 Å². The third-order valence-electron chi connectivity index (χ3n) is 4.73. The van der Waals surface area contributed by atoms with Crippen molar-refractivity contribution in [3.63, 3.8) is 0 Å². The quantitative estimate of drug-likeness (QED) is 0.879. The number of hydrogen-bond acceptors (Lipinski definition) is 2. The van der Waals surface area contributed by atoms with Crippen molar-refractivity contribution in [3.8, 4) is 5.75 Å². The van der Waals surface area contributed by atoms with Gasteiger partial charge in [-0.2, -0.15) is 0 Å². The number of nitrogens with two attached hydrogens (primary N) is 1. The molecule has 2 aliphatic rings. The zero-order valence-electron chi connectivity index (χ0n) is 10.8. The highest BCUT2D eigenvalue weighted by atomic mass is 79.9. The highest BCUT2D eigenvalue weighted by Gasteiger charge is 2.50. The molecule has 1 aromatic carbocycles. The van der Waals surface area contributed by atoms with Crippen molar-refractivity contribution >= 4 is 15.9 Å². The minimum atomic E-state index is 0.0370. The van der Waals surface area contributed by atoms with Gasteiger partial charge < -0.3 is 10.8 Å². The number of aromatic hydroxyl groups is 1. The molecule has 3 heteroatoms. The van der Waals surface area contributed by atoms with Crippen molar-refractivity contribution in [2.75, 3.05) is 0 Å². The highest BCUT2D eigenvalue weighted by Crippen LogP contribution is 2.56. The summed E-state index contributed by atoms with van der Waals surface area (Å²) in [6.45, 7) is 2.07. The van der Waals surface area contributed by atoms with Crippen LogP contribution >= 0.6 is 15.9 Å². The summed E-state index contributed by atoms with van der Waals surface area (Å²) in [6, 6.07) is 2.22. The minimum absolute atomic E-state index is 0.0370. The van der Waals surface area contributed by atoms with Gasteiger partial charge in [0.2, 0.25) is 0 Å². The Morgan fingerprint density at radius 2 is 2.00 bits per heavy atom. The number of phenolic OH excluding ortho intramolecular Hbond substituents is 1. The van der Waals surface area contributed by atoms with Crippen molar-refractivity contribution in [2.24, 2.45) is 5.73 Å². The van der Waals surface area contributed by atoms with Crippen LogP contribution < -0.4 is 5.73 Å². The number of hydrogen-bond donors (Lipinski definition) is 2. The molecule has 1 saturated carbocycles. The van der Waals surface area contributed by atoms with Gasteiger partial charge in [-0.1, -0.05) is 0 Å². The largest absolute Gasteiger partial charge is 0.506 e. The van der Waals surface area contributed by atoms with Crippen molar-refractivity contribution in [1.82, 2.24) is 0 Å². The van der Waals surface area contributed by atoms with Crippen LogP contribution in [0, 0.1) is 0 Å². The van der Waals surface area contributed by atoms with Crippen LogP contribution in [0.15, 0.2) is 10.5 Å². The molecule has 18 heavy (non-hydrogen) atoms. The monoisotopic (exact) mass is 309 g/mol. The Labute approximate surface area is 117 Å². The van der Waals surface area contributed by atoms with Crippen molar-refractivity contribution < 1.29 is 5.11 Å². The maximum Gasteiger partial charge on any atom is 0.133 e. The molecule has 1 fully saturated rings. The molecule has 0 radical (unpaired) electrons. The average molecular weight is 310 g/mol. The lowest BCUT2D eigenvalue weighted by Gasteiger charge is -2.29. The van der Waals surface area contributed by atoms with E-state index in [0.29, 0.717) is 5.75 Å². The third kappa shape index (κ3) is 1.71. The van der Waals surface area contributed by atoms with Crippen LogP contribution in [0.5, 0.6) is 5.75 Å². The van der Waals surface area contributed by atoms with E-state index in [0.717, 1.165) is 35.7 Å². The summed E-state index contributed by atoms with van der Waals surface area (Å²) in [7, 11) is 0. The van der Waals surface area contributed by atoms with Gasteiger partial charge >= 0.3 is 0 Å². The summed E-state index contributed by atoms with van der Waals surface area (Å²) >= 11 is 3.50. The maximum atomic E-state index is 10.5. The minimum Gasteiger partial charge on any atom is -0.506 e. The molecule has 0 bridgehead atoms. The topological polar surface area (TPSA) is 46.2 Å². The Hall–Kier alpha value is -0.540. The van der Waals surface area contributed by atoms with E-state index in [2.05, 4.69) is 28.9 Å². The fourth-order valence-electron chi connectivity index (χ4n) is 3.46. The summed E-state index contributed by atoms with van der Waals surface area (Å²) in [4.78, 5) is 0. The smallest absolute Gasteiger partial charge is 0.133 e. The second-order valence-electron chi connectivity index (χ2n) is 5.87. The van der Waals surface area contributed by atoms with Crippen molar-refractivity contribution in [2.45, 2.75) is 56.9 Å². The van der Waals surface area contributed by atoms with Crippen LogP contribution in [-0.2, 0) is 18.3 Å². The first-order valence-corrected chi connectivity index (χ1v) is 7.65. The van der Waals surface area contributed by atoms with Gasteiger partial charge in [0.15, 0.2) is 0 Å². The average Bonchev–Trinajstić information content (AvgIpc) is 3.12. The molecule has 2 nitrogen and oxygen atoms in total. The summed E-state index contributed by atoms with van der Waals surface area (Å²) in [5.74, 6) is 0.436. The van der Waals surface area contributed by atoms with E-state index in [-0.39, 0.29) is 11.5 Å². The molecule has 3 rings (SSSR count). The van der Waals surface area contributed by atoms with Crippen LogP contribution in [0.2, 0.25) is 0 Å². The molecule has 0 heterocycles. The lowest BCUT2D eigenvalue weighted by molar-refractivity contribution is 0.438. The van der Waals surface area contributed by atoms with E-state index < -0.39 is 0 Å². The second kappa shape index (κ2) is 4.24.